The Kier molecular flexibility index (Phi) is 3.32. The summed E-state index contributed by atoms with van der Waals surface area (Å²) in [5.74, 6) is -0.118. The second-order valence-electron chi connectivity index (χ2n) is 2.84. The van der Waals surface area contributed by atoms with Gasteiger partial charge < -0.3 is 5.32 Å². The molecule has 0 bridgehead atoms. The Morgan fingerprint density at radius 2 is 2.23 bits per heavy atom. The van der Waals surface area contributed by atoms with Gasteiger partial charge in [0.05, 0.1) is 10.6 Å². The van der Waals surface area contributed by atoms with Crippen molar-refractivity contribution < 1.29 is 4.79 Å². The van der Waals surface area contributed by atoms with E-state index < -0.39 is 0 Å². The molecule has 1 N–H and O–H groups in total. The molecule has 2 nitrogen and oxygen atoms in total. The van der Waals surface area contributed by atoms with Gasteiger partial charge in [-0.25, -0.2) is 0 Å². The van der Waals surface area contributed by atoms with Gasteiger partial charge in [0, 0.05) is 6.54 Å². The fourth-order valence-corrected chi connectivity index (χ4v) is 1.38. The van der Waals surface area contributed by atoms with Crippen molar-refractivity contribution in [2.24, 2.45) is 0 Å². The first-order valence-electron chi connectivity index (χ1n) is 4.19. The lowest BCUT2D eigenvalue weighted by atomic mass is 10.1. The third-order valence-electron chi connectivity index (χ3n) is 1.71. The molecule has 1 amide bonds. The SMILES string of the molecule is CCNC(=O)c1ccc(C)cc1Cl. The molecular formula is C10H12ClNO. The van der Waals surface area contributed by atoms with Crippen molar-refractivity contribution in [3.63, 3.8) is 0 Å². The number of aryl methyl sites for hydroxylation is 1. The summed E-state index contributed by atoms with van der Waals surface area (Å²) in [5.41, 5.74) is 1.59. The molecule has 1 aromatic carbocycles. The Hall–Kier alpha value is -1.02. The molecule has 0 heterocycles. The van der Waals surface area contributed by atoms with Gasteiger partial charge >= 0.3 is 0 Å². The van der Waals surface area contributed by atoms with E-state index in [2.05, 4.69) is 5.32 Å². The lowest BCUT2D eigenvalue weighted by molar-refractivity contribution is 0.0956. The molecule has 0 aromatic heterocycles. The third kappa shape index (κ3) is 2.46. The summed E-state index contributed by atoms with van der Waals surface area (Å²) in [6.07, 6.45) is 0. The minimum atomic E-state index is -0.118. The minimum absolute atomic E-state index is 0.118. The standard InChI is InChI=1S/C10H12ClNO/c1-3-12-10(13)8-5-4-7(2)6-9(8)11/h4-6H,3H2,1-2H3,(H,12,13). The largest absolute Gasteiger partial charge is 0.352 e. The Labute approximate surface area is 82.9 Å². The maximum Gasteiger partial charge on any atom is 0.252 e. The molecule has 70 valence electrons. The van der Waals surface area contributed by atoms with Gasteiger partial charge in [-0.05, 0) is 31.5 Å². The van der Waals surface area contributed by atoms with Crippen LogP contribution in [0.2, 0.25) is 5.02 Å². The average molecular weight is 198 g/mol. The highest BCUT2D eigenvalue weighted by molar-refractivity contribution is 6.33. The Morgan fingerprint density at radius 3 is 2.77 bits per heavy atom. The summed E-state index contributed by atoms with van der Waals surface area (Å²) in [6.45, 7) is 4.43. The van der Waals surface area contributed by atoms with E-state index in [4.69, 9.17) is 11.6 Å². The van der Waals surface area contributed by atoms with Gasteiger partial charge in [0.1, 0.15) is 0 Å². The van der Waals surface area contributed by atoms with E-state index in [1.54, 1.807) is 12.1 Å². The second kappa shape index (κ2) is 4.28. The van der Waals surface area contributed by atoms with Crippen molar-refractivity contribution in [2.45, 2.75) is 13.8 Å². The quantitative estimate of drug-likeness (QED) is 0.775. The normalized spacial score (nSPS) is 9.77. The van der Waals surface area contributed by atoms with E-state index in [1.165, 1.54) is 0 Å². The Morgan fingerprint density at radius 1 is 1.54 bits per heavy atom. The summed E-state index contributed by atoms with van der Waals surface area (Å²) in [5, 5.41) is 3.20. The van der Waals surface area contributed by atoms with Crippen molar-refractivity contribution in [1.29, 1.82) is 0 Å². The van der Waals surface area contributed by atoms with Crippen LogP contribution in [0.25, 0.3) is 0 Å². The van der Waals surface area contributed by atoms with E-state index in [0.29, 0.717) is 17.1 Å². The predicted molar refractivity (Wildman–Crippen MR) is 54.2 cm³/mol. The molecular weight excluding hydrogens is 186 g/mol. The zero-order valence-electron chi connectivity index (χ0n) is 7.73. The van der Waals surface area contributed by atoms with Crippen LogP contribution in [0.15, 0.2) is 18.2 Å². The highest BCUT2D eigenvalue weighted by Gasteiger charge is 2.08. The highest BCUT2D eigenvalue weighted by atomic mass is 35.5. The summed E-state index contributed by atoms with van der Waals surface area (Å²) in [7, 11) is 0. The molecule has 1 aromatic rings. The van der Waals surface area contributed by atoms with Crippen LogP contribution in [0, 0.1) is 6.92 Å². The molecule has 0 saturated heterocycles. The lowest BCUT2D eigenvalue weighted by Crippen LogP contribution is -2.22. The zero-order valence-corrected chi connectivity index (χ0v) is 8.48. The van der Waals surface area contributed by atoms with E-state index in [9.17, 15) is 4.79 Å². The van der Waals surface area contributed by atoms with E-state index >= 15 is 0 Å². The number of nitrogens with one attached hydrogen (secondary N) is 1. The van der Waals surface area contributed by atoms with E-state index in [-0.39, 0.29) is 5.91 Å². The maximum absolute atomic E-state index is 11.4. The second-order valence-corrected chi connectivity index (χ2v) is 3.25. The van der Waals surface area contributed by atoms with Crippen molar-refractivity contribution in [3.05, 3.63) is 34.3 Å². The van der Waals surface area contributed by atoms with Crippen LogP contribution in [0.5, 0.6) is 0 Å². The van der Waals surface area contributed by atoms with Crippen LogP contribution >= 0.6 is 11.6 Å². The fraction of sp³-hybridized carbons (Fsp3) is 0.300. The van der Waals surface area contributed by atoms with Gasteiger partial charge in [0.2, 0.25) is 0 Å². The smallest absolute Gasteiger partial charge is 0.252 e. The Bertz CT molecular complexity index is 323. The molecule has 1 rings (SSSR count). The van der Waals surface area contributed by atoms with Gasteiger partial charge in [0.25, 0.3) is 5.91 Å². The molecule has 0 radical (unpaired) electrons. The maximum atomic E-state index is 11.4. The van der Waals surface area contributed by atoms with Crippen molar-refractivity contribution in [3.8, 4) is 0 Å². The number of rotatable bonds is 2. The minimum Gasteiger partial charge on any atom is -0.352 e. The van der Waals surface area contributed by atoms with Gasteiger partial charge in [-0.2, -0.15) is 0 Å². The van der Waals surface area contributed by atoms with Crippen LogP contribution in [-0.4, -0.2) is 12.5 Å². The molecule has 3 heteroatoms. The summed E-state index contributed by atoms with van der Waals surface area (Å²) < 4.78 is 0. The number of amides is 1. The molecule has 0 aliphatic heterocycles. The molecule has 0 aliphatic carbocycles. The van der Waals surface area contributed by atoms with Crippen molar-refractivity contribution in [1.82, 2.24) is 5.32 Å². The van der Waals surface area contributed by atoms with Gasteiger partial charge in [-0.15, -0.1) is 0 Å². The summed E-state index contributed by atoms with van der Waals surface area (Å²) >= 11 is 5.90. The third-order valence-corrected chi connectivity index (χ3v) is 2.02. The van der Waals surface area contributed by atoms with E-state index in [0.717, 1.165) is 5.56 Å². The number of halogens is 1. The monoisotopic (exact) mass is 197 g/mol. The molecule has 0 spiro atoms. The number of benzene rings is 1. The van der Waals surface area contributed by atoms with Crippen LogP contribution in [0.4, 0.5) is 0 Å². The van der Waals surface area contributed by atoms with Crippen LogP contribution < -0.4 is 5.32 Å². The van der Waals surface area contributed by atoms with Crippen LogP contribution in [-0.2, 0) is 0 Å². The fourth-order valence-electron chi connectivity index (χ4n) is 1.06. The van der Waals surface area contributed by atoms with Crippen molar-refractivity contribution in [2.75, 3.05) is 6.54 Å². The number of hydrogen-bond acceptors (Lipinski definition) is 1. The lowest BCUT2D eigenvalue weighted by Gasteiger charge is -2.04. The van der Waals surface area contributed by atoms with Gasteiger partial charge in [0.15, 0.2) is 0 Å². The summed E-state index contributed by atoms with van der Waals surface area (Å²) in [6, 6.07) is 5.39. The summed E-state index contributed by atoms with van der Waals surface area (Å²) in [4.78, 5) is 11.4. The first-order chi connectivity index (χ1) is 6.15. The van der Waals surface area contributed by atoms with Crippen LogP contribution in [0.1, 0.15) is 22.8 Å². The molecule has 0 unspecified atom stereocenters. The number of hydrogen-bond donors (Lipinski definition) is 1. The topological polar surface area (TPSA) is 29.1 Å². The van der Waals surface area contributed by atoms with E-state index in [1.807, 2.05) is 19.9 Å². The zero-order chi connectivity index (χ0) is 9.84. The molecule has 0 fully saturated rings. The highest BCUT2D eigenvalue weighted by Crippen LogP contribution is 2.17. The molecule has 0 saturated carbocycles. The first-order valence-corrected chi connectivity index (χ1v) is 4.57. The Balaban J connectivity index is 2.95. The number of carbonyl (C=O) groups is 1. The van der Waals surface area contributed by atoms with Gasteiger partial charge in [-0.3, -0.25) is 4.79 Å². The molecule has 0 aliphatic rings. The first kappa shape index (κ1) is 10.1. The van der Waals surface area contributed by atoms with Crippen molar-refractivity contribution >= 4 is 17.5 Å². The number of carbonyl (C=O) groups excluding carboxylic acids is 1. The molecule has 0 atom stereocenters. The van der Waals surface area contributed by atoms with Crippen LogP contribution in [0.3, 0.4) is 0 Å². The van der Waals surface area contributed by atoms with Gasteiger partial charge in [-0.1, -0.05) is 17.7 Å². The predicted octanol–water partition coefficient (Wildman–Crippen LogP) is 2.40. The average Bonchev–Trinajstić information content (AvgIpc) is 2.04. The molecule has 13 heavy (non-hydrogen) atoms.